The van der Waals surface area contributed by atoms with Crippen LogP contribution in [0.2, 0.25) is 5.02 Å². The van der Waals surface area contributed by atoms with Gasteiger partial charge in [0.2, 0.25) is 0 Å². The maximum atomic E-state index is 13.7. The number of aromatic nitrogens is 5. The van der Waals surface area contributed by atoms with Crippen molar-refractivity contribution >= 4 is 45.5 Å². The molecule has 0 aliphatic heterocycles. The first-order valence-electron chi connectivity index (χ1n) is 11.3. The molecule has 0 saturated heterocycles. The van der Waals surface area contributed by atoms with E-state index in [4.69, 9.17) is 23.8 Å². The van der Waals surface area contributed by atoms with Gasteiger partial charge in [0.25, 0.3) is 5.56 Å². The van der Waals surface area contributed by atoms with Crippen molar-refractivity contribution in [2.45, 2.75) is 6.92 Å². The van der Waals surface area contributed by atoms with Crippen molar-refractivity contribution in [2.75, 3.05) is 0 Å². The molecule has 3 aromatic heterocycles. The fourth-order valence-corrected chi connectivity index (χ4v) is 5.25. The van der Waals surface area contributed by atoms with Crippen LogP contribution >= 0.6 is 23.8 Å². The van der Waals surface area contributed by atoms with Crippen molar-refractivity contribution in [3.63, 3.8) is 0 Å². The summed E-state index contributed by atoms with van der Waals surface area (Å²) >= 11 is 12.4. The van der Waals surface area contributed by atoms with Crippen LogP contribution in [0.1, 0.15) is 5.69 Å². The van der Waals surface area contributed by atoms with Gasteiger partial charge < -0.3 is 4.98 Å². The minimum atomic E-state index is -0.207. The molecule has 6 rings (SSSR count). The van der Waals surface area contributed by atoms with E-state index >= 15 is 0 Å². The maximum Gasteiger partial charge on any atom is 0.266 e. The van der Waals surface area contributed by atoms with Crippen molar-refractivity contribution in [3.8, 4) is 27.9 Å². The van der Waals surface area contributed by atoms with Crippen LogP contribution in [-0.2, 0) is 7.05 Å². The summed E-state index contributed by atoms with van der Waals surface area (Å²) in [4.78, 5) is 21.2. The van der Waals surface area contributed by atoms with Gasteiger partial charge in [0.1, 0.15) is 0 Å². The number of aryl methyl sites for hydroxylation is 1. The molecule has 3 aromatic carbocycles. The van der Waals surface area contributed by atoms with Gasteiger partial charge in [0.15, 0.2) is 4.77 Å². The second-order valence-corrected chi connectivity index (χ2v) is 9.43. The molecule has 176 valence electrons. The monoisotopic (exact) mass is 509 g/mol. The van der Waals surface area contributed by atoms with Gasteiger partial charge in [-0.15, -0.1) is 0 Å². The van der Waals surface area contributed by atoms with Gasteiger partial charge in [-0.3, -0.25) is 19.0 Å². The summed E-state index contributed by atoms with van der Waals surface area (Å²) < 4.78 is 3.64. The quantitative estimate of drug-likeness (QED) is 0.272. The van der Waals surface area contributed by atoms with Crippen molar-refractivity contribution in [1.29, 1.82) is 0 Å². The van der Waals surface area contributed by atoms with Crippen LogP contribution < -0.4 is 5.56 Å². The number of H-pyrrole nitrogens is 1. The predicted octanol–water partition coefficient (Wildman–Crippen LogP) is 6.63. The van der Waals surface area contributed by atoms with Crippen LogP contribution in [-0.4, -0.2) is 24.3 Å². The van der Waals surface area contributed by atoms with Gasteiger partial charge in [0.05, 0.1) is 29.0 Å². The fourth-order valence-electron chi connectivity index (χ4n) is 4.68. The molecule has 8 heteroatoms. The molecule has 0 aliphatic carbocycles. The van der Waals surface area contributed by atoms with Crippen LogP contribution in [0.5, 0.6) is 0 Å². The maximum absolute atomic E-state index is 13.7. The SMILES string of the molecule is Cc1c(-c2cccc(Cl)c2-c2ccc3c(=O)n(-c4cncc5ccccc45)c(=S)[nH]c3c2)cnn1C. The molecule has 0 bridgehead atoms. The molecular weight excluding hydrogens is 490 g/mol. The number of halogens is 1. The van der Waals surface area contributed by atoms with E-state index in [2.05, 4.69) is 15.1 Å². The number of fused-ring (bicyclic) bond motifs is 2. The number of hydrogen-bond donors (Lipinski definition) is 1. The third-order valence-electron chi connectivity index (χ3n) is 6.61. The lowest BCUT2D eigenvalue weighted by Crippen LogP contribution is -2.21. The second-order valence-electron chi connectivity index (χ2n) is 8.64. The Morgan fingerprint density at radius 2 is 1.78 bits per heavy atom. The predicted molar refractivity (Wildman–Crippen MR) is 147 cm³/mol. The second kappa shape index (κ2) is 8.55. The Bertz CT molecular complexity index is 1930. The molecule has 0 saturated carbocycles. The Kier molecular flexibility index (Phi) is 5.32. The lowest BCUT2D eigenvalue weighted by Gasteiger charge is -2.14. The topological polar surface area (TPSA) is 68.5 Å². The lowest BCUT2D eigenvalue weighted by atomic mass is 9.94. The highest BCUT2D eigenvalue weighted by atomic mass is 35.5. The Hall–Kier alpha value is -4.07. The summed E-state index contributed by atoms with van der Waals surface area (Å²) in [6.07, 6.45) is 5.28. The molecule has 6 aromatic rings. The summed E-state index contributed by atoms with van der Waals surface area (Å²) in [5.74, 6) is 0. The molecule has 3 heterocycles. The Balaban J connectivity index is 1.57. The zero-order valence-electron chi connectivity index (χ0n) is 19.5. The van der Waals surface area contributed by atoms with Crippen molar-refractivity contribution in [2.24, 2.45) is 7.05 Å². The Labute approximate surface area is 216 Å². The van der Waals surface area contributed by atoms with Gasteiger partial charge in [-0.25, -0.2) is 0 Å². The van der Waals surface area contributed by atoms with E-state index in [1.54, 1.807) is 12.4 Å². The highest BCUT2D eigenvalue weighted by Gasteiger charge is 2.17. The highest BCUT2D eigenvalue weighted by Crippen LogP contribution is 2.39. The molecule has 0 unspecified atom stereocenters. The van der Waals surface area contributed by atoms with E-state index in [1.807, 2.05) is 85.5 Å². The zero-order chi connectivity index (χ0) is 25.0. The number of hydrogen-bond acceptors (Lipinski definition) is 4. The summed E-state index contributed by atoms with van der Waals surface area (Å²) in [5.41, 5.74) is 5.83. The molecule has 0 spiro atoms. The smallest absolute Gasteiger partial charge is 0.266 e. The summed E-state index contributed by atoms with van der Waals surface area (Å²) in [7, 11) is 1.91. The number of rotatable bonds is 3. The van der Waals surface area contributed by atoms with Gasteiger partial charge in [-0.05, 0) is 48.5 Å². The zero-order valence-corrected chi connectivity index (χ0v) is 21.1. The van der Waals surface area contributed by atoms with E-state index < -0.39 is 0 Å². The minimum absolute atomic E-state index is 0.207. The third-order valence-corrected chi connectivity index (χ3v) is 7.21. The average molecular weight is 510 g/mol. The molecule has 36 heavy (non-hydrogen) atoms. The van der Waals surface area contributed by atoms with E-state index in [0.29, 0.717) is 26.4 Å². The number of nitrogens with one attached hydrogen (secondary N) is 1. The van der Waals surface area contributed by atoms with Crippen LogP contribution in [0.15, 0.2) is 84.0 Å². The fraction of sp³-hybridized carbons (Fsp3) is 0.0714. The Morgan fingerprint density at radius 1 is 0.944 bits per heavy atom. The first-order chi connectivity index (χ1) is 17.4. The van der Waals surface area contributed by atoms with Crippen LogP contribution in [0, 0.1) is 11.7 Å². The molecule has 0 aliphatic rings. The minimum Gasteiger partial charge on any atom is -0.331 e. The first-order valence-corrected chi connectivity index (χ1v) is 12.1. The van der Waals surface area contributed by atoms with Crippen molar-refractivity contribution in [3.05, 3.63) is 105 Å². The highest BCUT2D eigenvalue weighted by molar-refractivity contribution is 7.71. The number of pyridine rings is 1. The standard InChI is InChI=1S/C28H20ClN5OS/c1-16-22(14-31-33(16)2)20-8-5-9-23(29)26(20)17-10-11-21-24(12-17)32-28(36)34(27(21)35)25-15-30-13-18-6-3-4-7-19(18)25/h3-15H,1-2H3,(H,32,36). The molecule has 0 amide bonds. The van der Waals surface area contributed by atoms with Crippen LogP contribution in [0.4, 0.5) is 0 Å². The van der Waals surface area contributed by atoms with Crippen LogP contribution in [0.3, 0.4) is 0 Å². The number of nitrogens with zero attached hydrogens (tertiary/aromatic N) is 4. The molecule has 1 N–H and O–H groups in total. The normalized spacial score (nSPS) is 11.4. The van der Waals surface area contributed by atoms with E-state index in [1.165, 1.54) is 4.57 Å². The van der Waals surface area contributed by atoms with Gasteiger partial charge in [-0.2, -0.15) is 5.10 Å². The largest absolute Gasteiger partial charge is 0.331 e. The van der Waals surface area contributed by atoms with Crippen molar-refractivity contribution < 1.29 is 0 Å². The van der Waals surface area contributed by atoms with Gasteiger partial charge in [-0.1, -0.05) is 54.1 Å². The average Bonchev–Trinajstić information content (AvgIpc) is 3.21. The van der Waals surface area contributed by atoms with Gasteiger partial charge >= 0.3 is 0 Å². The van der Waals surface area contributed by atoms with E-state index in [-0.39, 0.29) is 5.56 Å². The summed E-state index contributed by atoms with van der Waals surface area (Å²) in [6, 6.07) is 19.3. The molecule has 0 fully saturated rings. The van der Waals surface area contributed by atoms with E-state index in [9.17, 15) is 4.79 Å². The first kappa shape index (κ1) is 22.4. The molecule has 0 radical (unpaired) electrons. The van der Waals surface area contributed by atoms with E-state index in [0.717, 1.165) is 38.7 Å². The van der Waals surface area contributed by atoms with Crippen LogP contribution in [0.25, 0.3) is 49.6 Å². The molecular formula is C28H20ClN5OS. The molecule has 0 atom stereocenters. The van der Waals surface area contributed by atoms with Crippen molar-refractivity contribution in [1.82, 2.24) is 24.3 Å². The summed E-state index contributed by atoms with van der Waals surface area (Å²) in [5, 5.41) is 7.36. The van der Waals surface area contributed by atoms with Gasteiger partial charge in [0, 0.05) is 45.9 Å². The third kappa shape index (κ3) is 3.47. The lowest BCUT2D eigenvalue weighted by molar-refractivity contribution is 0.740. The number of benzene rings is 3. The summed E-state index contributed by atoms with van der Waals surface area (Å²) in [6.45, 7) is 2.02. The Morgan fingerprint density at radius 3 is 2.58 bits per heavy atom. The molecule has 6 nitrogen and oxygen atoms in total. The number of aromatic amines is 1.